The topological polar surface area (TPSA) is 36.9 Å². The first-order valence-electron chi connectivity index (χ1n) is 5.35. The van der Waals surface area contributed by atoms with Crippen molar-refractivity contribution in [3.8, 4) is 0 Å². The molecular weight excluding hydrogens is 234 g/mol. The van der Waals surface area contributed by atoms with E-state index in [1.165, 1.54) is 0 Å². The number of hydrogen-bond donors (Lipinski definition) is 0. The summed E-state index contributed by atoms with van der Waals surface area (Å²) >= 11 is 0. The maximum absolute atomic E-state index is 5.50. The van der Waals surface area contributed by atoms with Crippen LogP contribution >= 0.6 is 16.8 Å². The van der Waals surface area contributed by atoms with Crippen molar-refractivity contribution in [3.05, 3.63) is 0 Å². The van der Waals surface area contributed by atoms with Gasteiger partial charge in [-0.3, -0.25) is 0 Å². The van der Waals surface area contributed by atoms with E-state index in [2.05, 4.69) is 0 Å². The smallest absolute Gasteiger partial charge is 0.179 e. The van der Waals surface area contributed by atoms with Gasteiger partial charge < -0.3 is 18.1 Å². The molecule has 0 unspecified atom stereocenters. The van der Waals surface area contributed by atoms with Gasteiger partial charge in [0.15, 0.2) is 16.8 Å². The van der Waals surface area contributed by atoms with Gasteiger partial charge in [0.1, 0.15) is 0 Å². The summed E-state index contributed by atoms with van der Waals surface area (Å²) < 4.78 is 22.0. The van der Waals surface area contributed by atoms with Gasteiger partial charge in [-0.1, -0.05) is 0 Å². The van der Waals surface area contributed by atoms with Crippen LogP contribution in [0.5, 0.6) is 0 Å². The van der Waals surface area contributed by atoms with Gasteiger partial charge in [-0.25, -0.2) is 0 Å². The standard InChI is InChI=1S/C9H22O4P2/c1-5-10-14(11-6-2)9-15(12-7-3)13-8-4/h5-9H2,1-4H3. The zero-order chi connectivity index (χ0) is 11.5. The summed E-state index contributed by atoms with van der Waals surface area (Å²) in [6.07, 6.45) is 0. The summed E-state index contributed by atoms with van der Waals surface area (Å²) in [5.41, 5.74) is 0. The number of hydrogen-bond acceptors (Lipinski definition) is 4. The SMILES string of the molecule is CCOP(CP(OCC)OCC)OCC. The third kappa shape index (κ3) is 8.50. The van der Waals surface area contributed by atoms with Crippen LogP contribution in [0.4, 0.5) is 0 Å². The van der Waals surface area contributed by atoms with Crippen LogP contribution in [0.25, 0.3) is 0 Å². The van der Waals surface area contributed by atoms with E-state index in [0.717, 1.165) is 5.90 Å². The minimum Gasteiger partial charge on any atom is -0.334 e. The fraction of sp³-hybridized carbons (Fsp3) is 1.00. The second kappa shape index (κ2) is 11.2. The second-order valence-electron chi connectivity index (χ2n) is 2.48. The van der Waals surface area contributed by atoms with Gasteiger partial charge in [-0.05, 0) is 27.7 Å². The lowest BCUT2D eigenvalue weighted by atomic mass is 10.9. The predicted octanol–water partition coefficient (Wildman–Crippen LogP) is 3.71. The highest BCUT2D eigenvalue weighted by Crippen LogP contribution is 2.53. The molecule has 0 amide bonds. The fourth-order valence-electron chi connectivity index (χ4n) is 0.908. The van der Waals surface area contributed by atoms with Crippen molar-refractivity contribution < 1.29 is 18.1 Å². The van der Waals surface area contributed by atoms with E-state index in [1.54, 1.807) is 0 Å². The molecule has 0 aliphatic heterocycles. The van der Waals surface area contributed by atoms with Gasteiger partial charge in [-0.15, -0.1) is 0 Å². The van der Waals surface area contributed by atoms with Crippen LogP contribution in [0.15, 0.2) is 0 Å². The lowest BCUT2D eigenvalue weighted by Gasteiger charge is -2.21. The Morgan fingerprint density at radius 2 is 0.867 bits per heavy atom. The van der Waals surface area contributed by atoms with Gasteiger partial charge >= 0.3 is 0 Å². The first-order valence-corrected chi connectivity index (χ1v) is 8.07. The third-order valence-corrected chi connectivity index (χ3v) is 5.36. The molecule has 0 atom stereocenters. The molecule has 0 fully saturated rings. The van der Waals surface area contributed by atoms with Crippen molar-refractivity contribution in [2.45, 2.75) is 27.7 Å². The molecule has 6 heteroatoms. The highest BCUT2D eigenvalue weighted by atomic mass is 31.2. The molecule has 0 bridgehead atoms. The van der Waals surface area contributed by atoms with Crippen molar-refractivity contribution in [1.82, 2.24) is 0 Å². The van der Waals surface area contributed by atoms with Crippen molar-refractivity contribution in [2.24, 2.45) is 0 Å². The Morgan fingerprint density at radius 1 is 0.600 bits per heavy atom. The molecule has 0 radical (unpaired) electrons. The Kier molecular flexibility index (Phi) is 11.7. The Hall–Kier alpha value is 0.700. The maximum Gasteiger partial charge on any atom is 0.179 e. The Bertz CT molecular complexity index is 111. The first kappa shape index (κ1) is 15.7. The van der Waals surface area contributed by atoms with E-state index in [-0.39, 0.29) is 0 Å². The van der Waals surface area contributed by atoms with Gasteiger partial charge in [0.2, 0.25) is 0 Å². The summed E-state index contributed by atoms with van der Waals surface area (Å²) in [6, 6.07) is 0. The molecule has 0 aliphatic carbocycles. The molecule has 0 aromatic carbocycles. The number of rotatable bonds is 10. The summed E-state index contributed by atoms with van der Waals surface area (Å²) in [4.78, 5) is 0. The molecule has 0 aromatic rings. The summed E-state index contributed by atoms with van der Waals surface area (Å²) in [6.45, 7) is 10.6. The molecule has 92 valence electrons. The molecule has 0 aromatic heterocycles. The highest BCUT2D eigenvalue weighted by molar-refractivity contribution is 7.65. The largest absolute Gasteiger partial charge is 0.334 e. The Balaban J connectivity index is 3.93. The molecule has 0 saturated heterocycles. The minimum atomic E-state index is -0.845. The van der Waals surface area contributed by atoms with E-state index in [0.29, 0.717) is 26.4 Å². The van der Waals surface area contributed by atoms with Crippen molar-refractivity contribution in [1.29, 1.82) is 0 Å². The predicted molar refractivity (Wildman–Crippen MR) is 65.2 cm³/mol. The van der Waals surface area contributed by atoms with Crippen LogP contribution in [-0.4, -0.2) is 32.3 Å². The van der Waals surface area contributed by atoms with Crippen LogP contribution in [0.1, 0.15) is 27.7 Å². The average Bonchev–Trinajstić information content (AvgIpc) is 2.19. The normalized spacial score (nSPS) is 11.6. The molecule has 0 aliphatic rings. The Morgan fingerprint density at radius 3 is 1.07 bits per heavy atom. The Labute approximate surface area is 95.5 Å². The highest BCUT2D eigenvalue weighted by Gasteiger charge is 2.19. The first-order chi connectivity index (χ1) is 7.28. The van der Waals surface area contributed by atoms with E-state index in [4.69, 9.17) is 18.1 Å². The quantitative estimate of drug-likeness (QED) is 0.558. The molecular formula is C9H22O4P2. The second-order valence-corrected chi connectivity index (χ2v) is 5.97. The molecule has 0 rings (SSSR count). The molecule has 0 saturated carbocycles. The van der Waals surface area contributed by atoms with Crippen LogP contribution in [0, 0.1) is 0 Å². The minimum absolute atomic E-state index is 0.674. The summed E-state index contributed by atoms with van der Waals surface area (Å²) in [7, 11) is -1.69. The third-order valence-electron chi connectivity index (χ3n) is 1.32. The van der Waals surface area contributed by atoms with E-state index >= 15 is 0 Å². The van der Waals surface area contributed by atoms with Crippen molar-refractivity contribution >= 4 is 16.8 Å². The molecule has 0 heterocycles. The van der Waals surface area contributed by atoms with Crippen LogP contribution < -0.4 is 0 Å². The summed E-state index contributed by atoms with van der Waals surface area (Å²) in [5, 5.41) is 0. The van der Waals surface area contributed by atoms with E-state index < -0.39 is 16.8 Å². The lowest BCUT2D eigenvalue weighted by Crippen LogP contribution is -1.99. The van der Waals surface area contributed by atoms with Gasteiger partial charge in [-0.2, -0.15) is 0 Å². The van der Waals surface area contributed by atoms with Crippen molar-refractivity contribution in [2.75, 3.05) is 32.3 Å². The molecule has 15 heavy (non-hydrogen) atoms. The fourth-order valence-corrected chi connectivity index (χ4v) is 4.27. The lowest BCUT2D eigenvalue weighted by molar-refractivity contribution is 0.258. The average molecular weight is 256 g/mol. The molecule has 0 spiro atoms. The van der Waals surface area contributed by atoms with Gasteiger partial charge in [0, 0.05) is 0 Å². The van der Waals surface area contributed by atoms with E-state index in [1.807, 2.05) is 27.7 Å². The molecule has 0 N–H and O–H groups in total. The van der Waals surface area contributed by atoms with E-state index in [9.17, 15) is 0 Å². The van der Waals surface area contributed by atoms with Gasteiger partial charge in [0.25, 0.3) is 0 Å². The van der Waals surface area contributed by atoms with Gasteiger partial charge in [0.05, 0.1) is 32.3 Å². The van der Waals surface area contributed by atoms with Crippen LogP contribution in [0.3, 0.4) is 0 Å². The maximum atomic E-state index is 5.50. The van der Waals surface area contributed by atoms with Crippen LogP contribution in [-0.2, 0) is 18.1 Å². The van der Waals surface area contributed by atoms with Crippen LogP contribution in [0.2, 0.25) is 0 Å². The molecule has 4 nitrogen and oxygen atoms in total. The van der Waals surface area contributed by atoms with Crippen molar-refractivity contribution in [3.63, 3.8) is 0 Å². The zero-order valence-electron chi connectivity index (χ0n) is 10.1. The monoisotopic (exact) mass is 256 g/mol. The summed E-state index contributed by atoms with van der Waals surface area (Å²) in [5.74, 6) is 0.744. The zero-order valence-corrected chi connectivity index (χ0v) is 11.9.